The average Bonchev–Trinajstić information content (AvgIpc) is 3.15. The maximum Gasteiger partial charge on any atom is 0.275 e. The molecule has 0 spiro atoms. The van der Waals surface area contributed by atoms with E-state index in [1.165, 1.54) is 4.68 Å². The van der Waals surface area contributed by atoms with Crippen molar-refractivity contribution in [3.05, 3.63) is 35.5 Å². The van der Waals surface area contributed by atoms with E-state index >= 15 is 0 Å². The van der Waals surface area contributed by atoms with Gasteiger partial charge in [0.1, 0.15) is 0 Å². The van der Waals surface area contributed by atoms with Crippen LogP contribution >= 0.6 is 0 Å². The number of aromatic nitrogens is 3. The number of ether oxygens (including phenoxy) is 1. The Balaban J connectivity index is 1.75. The number of carbonyl (C=O) groups excluding carboxylic acids is 1. The number of amides is 1. The van der Waals surface area contributed by atoms with Crippen molar-refractivity contribution in [3.8, 4) is 5.69 Å². The quantitative estimate of drug-likeness (QED) is 0.880. The fourth-order valence-electron chi connectivity index (χ4n) is 2.53. The Bertz CT molecular complexity index is 676. The van der Waals surface area contributed by atoms with Gasteiger partial charge in [0.25, 0.3) is 5.91 Å². The van der Waals surface area contributed by atoms with Crippen LogP contribution in [0.5, 0.6) is 0 Å². The van der Waals surface area contributed by atoms with Crippen LogP contribution in [-0.4, -0.2) is 40.2 Å². The summed E-state index contributed by atoms with van der Waals surface area (Å²) in [6.07, 6.45) is 2.08. The molecule has 116 valence electrons. The molecule has 0 aliphatic carbocycles. The number of nitrogens with two attached hydrogens (primary N) is 1. The molecule has 3 N–H and O–H groups in total. The summed E-state index contributed by atoms with van der Waals surface area (Å²) in [5, 5.41) is 10.7. The lowest BCUT2D eigenvalue weighted by molar-refractivity contribution is 0.0854. The van der Waals surface area contributed by atoms with Crippen molar-refractivity contribution in [3.63, 3.8) is 0 Å². The maximum absolute atomic E-state index is 12.2. The second-order valence-corrected chi connectivity index (χ2v) is 5.37. The molecule has 7 heteroatoms. The van der Waals surface area contributed by atoms with Crippen LogP contribution in [0.2, 0.25) is 0 Å². The number of aryl methyl sites for hydroxylation is 1. The van der Waals surface area contributed by atoms with E-state index in [0.29, 0.717) is 6.54 Å². The first-order chi connectivity index (χ1) is 10.7. The van der Waals surface area contributed by atoms with Crippen molar-refractivity contribution in [1.82, 2.24) is 20.3 Å². The lowest BCUT2D eigenvalue weighted by atomic mass is 10.2. The van der Waals surface area contributed by atoms with Crippen LogP contribution in [-0.2, 0) is 4.74 Å². The van der Waals surface area contributed by atoms with Crippen molar-refractivity contribution in [2.75, 3.05) is 18.9 Å². The van der Waals surface area contributed by atoms with Crippen molar-refractivity contribution >= 4 is 11.7 Å². The molecule has 2 heterocycles. The predicted molar refractivity (Wildman–Crippen MR) is 81.8 cm³/mol. The van der Waals surface area contributed by atoms with Crippen LogP contribution < -0.4 is 11.1 Å². The number of hydrogen-bond acceptors (Lipinski definition) is 5. The van der Waals surface area contributed by atoms with Gasteiger partial charge in [0.2, 0.25) is 0 Å². The van der Waals surface area contributed by atoms with E-state index in [2.05, 4.69) is 15.6 Å². The normalized spacial score (nSPS) is 17.6. The standard InChI is InChI=1S/C15H19N5O2/c1-10-5-2-3-7-12(10)20-14(16)13(18-19-20)15(21)17-9-11-6-4-8-22-11/h2-3,5,7,11H,4,6,8-9,16H2,1H3,(H,17,21)/t11-/m1/s1. The molecule has 22 heavy (non-hydrogen) atoms. The van der Waals surface area contributed by atoms with Gasteiger partial charge in [0, 0.05) is 13.2 Å². The number of nitrogen functional groups attached to an aromatic ring is 1. The molecule has 7 nitrogen and oxygen atoms in total. The minimum atomic E-state index is -0.326. The summed E-state index contributed by atoms with van der Waals surface area (Å²) in [7, 11) is 0. The van der Waals surface area contributed by atoms with Gasteiger partial charge in [-0.1, -0.05) is 23.4 Å². The molecule has 1 amide bonds. The number of anilines is 1. The Kier molecular flexibility index (Phi) is 4.06. The van der Waals surface area contributed by atoms with E-state index in [0.717, 1.165) is 30.7 Å². The smallest absolute Gasteiger partial charge is 0.275 e. The molecule has 0 unspecified atom stereocenters. The van der Waals surface area contributed by atoms with Crippen LogP contribution in [0.1, 0.15) is 28.9 Å². The van der Waals surface area contributed by atoms with Gasteiger partial charge in [-0.25, -0.2) is 0 Å². The topological polar surface area (TPSA) is 95.1 Å². The van der Waals surface area contributed by atoms with Gasteiger partial charge in [0.15, 0.2) is 11.5 Å². The van der Waals surface area contributed by atoms with Gasteiger partial charge in [-0.05, 0) is 31.4 Å². The van der Waals surface area contributed by atoms with Crippen LogP contribution in [0.15, 0.2) is 24.3 Å². The number of nitrogens with zero attached hydrogens (tertiary/aromatic N) is 3. The first-order valence-electron chi connectivity index (χ1n) is 7.34. The maximum atomic E-state index is 12.2. The second kappa shape index (κ2) is 6.15. The number of hydrogen-bond donors (Lipinski definition) is 2. The van der Waals surface area contributed by atoms with E-state index < -0.39 is 0 Å². The Hall–Kier alpha value is -2.41. The van der Waals surface area contributed by atoms with Gasteiger partial charge in [-0.3, -0.25) is 4.79 Å². The molecule has 1 aliphatic rings. The zero-order chi connectivity index (χ0) is 15.5. The number of nitrogens with one attached hydrogen (secondary N) is 1. The zero-order valence-electron chi connectivity index (χ0n) is 12.5. The van der Waals surface area contributed by atoms with E-state index in [1.54, 1.807) is 0 Å². The van der Waals surface area contributed by atoms with Crippen LogP contribution in [0.25, 0.3) is 5.69 Å². The lowest BCUT2D eigenvalue weighted by Crippen LogP contribution is -2.32. The Labute approximate surface area is 128 Å². The van der Waals surface area contributed by atoms with Crippen molar-refractivity contribution in [1.29, 1.82) is 0 Å². The number of rotatable bonds is 4. The van der Waals surface area contributed by atoms with E-state index in [-0.39, 0.29) is 23.5 Å². The Morgan fingerprint density at radius 1 is 1.50 bits per heavy atom. The molecule has 0 bridgehead atoms. The summed E-state index contributed by atoms with van der Waals surface area (Å²) in [6.45, 7) is 3.18. The molecule has 1 aliphatic heterocycles. The SMILES string of the molecule is Cc1ccccc1-n1nnc(C(=O)NC[C@H]2CCCO2)c1N. The molecule has 1 saturated heterocycles. The molecular weight excluding hydrogens is 282 g/mol. The summed E-state index contributed by atoms with van der Waals surface area (Å²) < 4.78 is 6.95. The Morgan fingerprint density at radius 3 is 3.05 bits per heavy atom. The van der Waals surface area contributed by atoms with Gasteiger partial charge < -0.3 is 15.8 Å². The van der Waals surface area contributed by atoms with Gasteiger partial charge in [-0.15, -0.1) is 5.10 Å². The minimum Gasteiger partial charge on any atom is -0.382 e. The van der Waals surface area contributed by atoms with Gasteiger partial charge in [-0.2, -0.15) is 4.68 Å². The zero-order valence-corrected chi connectivity index (χ0v) is 12.5. The van der Waals surface area contributed by atoms with Crippen molar-refractivity contribution in [2.24, 2.45) is 0 Å². The van der Waals surface area contributed by atoms with E-state index in [1.807, 2.05) is 31.2 Å². The summed E-state index contributed by atoms with van der Waals surface area (Å²) in [5.41, 5.74) is 7.99. The average molecular weight is 301 g/mol. The first kappa shape index (κ1) is 14.5. The third kappa shape index (κ3) is 2.80. The van der Waals surface area contributed by atoms with E-state index in [4.69, 9.17) is 10.5 Å². The molecule has 1 aromatic heterocycles. The molecule has 3 rings (SSSR count). The third-order valence-corrected chi connectivity index (χ3v) is 3.78. The molecule has 1 aromatic carbocycles. The highest BCUT2D eigenvalue weighted by Gasteiger charge is 2.21. The Morgan fingerprint density at radius 2 is 2.32 bits per heavy atom. The summed E-state index contributed by atoms with van der Waals surface area (Å²) in [5.74, 6) is -0.0908. The summed E-state index contributed by atoms with van der Waals surface area (Å²) in [4.78, 5) is 12.2. The summed E-state index contributed by atoms with van der Waals surface area (Å²) in [6, 6.07) is 7.66. The molecule has 0 saturated carbocycles. The second-order valence-electron chi connectivity index (χ2n) is 5.37. The fraction of sp³-hybridized carbons (Fsp3) is 0.400. The van der Waals surface area contributed by atoms with Gasteiger partial charge >= 0.3 is 0 Å². The van der Waals surface area contributed by atoms with Crippen LogP contribution in [0, 0.1) is 6.92 Å². The third-order valence-electron chi connectivity index (χ3n) is 3.78. The van der Waals surface area contributed by atoms with Crippen molar-refractivity contribution in [2.45, 2.75) is 25.9 Å². The van der Waals surface area contributed by atoms with Crippen molar-refractivity contribution < 1.29 is 9.53 Å². The number of benzene rings is 1. The first-order valence-corrected chi connectivity index (χ1v) is 7.34. The highest BCUT2D eigenvalue weighted by Crippen LogP contribution is 2.18. The monoisotopic (exact) mass is 301 g/mol. The minimum absolute atomic E-state index is 0.0802. The molecule has 0 radical (unpaired) electrons. The highest BCUT2D eigenvalue weighted by atomic mass is 16.5. The molecular formula is C15H19N5O2. The van der Waals surface area contributed by atoms with Crippen LogP contribution in [0.4, 0.5) is 5.82 Å². The molecule has 1 fully saturated rings. The fourth-order valence-corrected chi connectivity index (χ4v) is 2.53. The largest absolute Gasteiger partial charge is 0.382 e. The highest BCUT2D eigenvalue weighted by molar-refractivity contribution is 5.96. The predicted octanol–water partition coefficient (Wildman–Crippen LogP) is 1.07. The molecule has 2 aromatic rings. The number of carbonyl (C=O) groups is 1. The number of para-hydroxylation sites is 1. The summed E-state index contributed by atoms with van der Waals surface area (Å²) >= 11 is 0. The lowest BCUT2D eigenvalue weighted by Gasteiger charge is -2.10. The molecule has 1 atom stereocenters. The van der Waals surface area contributed by atoms with Crippen LogP contribution in [0.3, 0.4) is 0 Å². The van der Waals surface area contributed by atoms with Gasteiger partial charge in [0.05, 0.1) is 11.8 Å². The van der Waals surface area contributed by atoms with E-state index in [9.17, 15) is 4.79 Å².